The predicted molar refractivity (Wildman–Crippen MR) is 69.0 cm³/mol. The Labute approximate surface area is 115 Å². The number of halogens is 2. The van der Waals surface area contributed by atoms with Gasteiger partial charge in [0, 0.05) is 18.8 Å². The second-order valence-electron chi connectivity index (χ2n) is 4.34. The Morgan fingerprint density at radius 2 is 1.95 bits per heavy atom. The van der Waals surface area contributed by atoms with Crippen LogP contribution in [0.5, 0.6) is 5.75 Å². The molecule has 1 aromatic rings. The maximum Gasteiger partial charge on any atom is 0.387 e. The molecule has 1 aliphatic rings. The number of amides is 1. The molecule has 0 unspecified atom stereocenters. The number of hydrogen-bond acceptors (Lipinski definition) is 4. The highest BCUT2D eigenvalue weighted by atomic mass is 19.3. The number of alkyl halides is 2. The molecule has 110 valence electrons. The number of carbonyl (C=O) groups is 1. The van der Waals surface area contributed by atoms with Crippen molar-refractivity contribution in [1.29, 1.82) is 0 Å². The van der Waals surface area contributed by atoms with Crippen LogP contribution in [0.3, 0.4) is 0 Å². The topological polar surface area (TPSA) is 50.8 Å². The Bertz CT molecular complexity index is 434. The molecular weight excluding hydrogens is 270 g/mol. The van der Waals surface area contributed by atoms with Gasteiger partial charge in [-0.3, -0.25) is 9.69 Å². The number of benzene rings is 1. The van der Waals surface area contributed by atoms with Crippen LogP contribution in [-0.2, 0) is 9.53 Å². The normalized spacial score (nSPS) is 16.1. The van der Waals surface area contributed by atoms with E-state index in [4.69, 9.17) is 4.74 Å². The van der Waals surface area contributed by atoms with Gasteiger partial charge in [-0.05, 0) is 24.3 Å². The molecule has 1 aliphatic heterocycles. The SMILES string of the molecule is O=C(CN1CCOCC1)Nc1ccc(OC(F)F)cc1. The highest BCUT2D eigenvalue weighted by molar-refractivity contribution is 5.92. The summed E-state index contributed by atoms with van der Waals surface area (Å²) in [4.78, 5) is 13.8. The molecule has 2 rings (SSSR count). The molecule has 0 radical (unpaired) electrons. The molecule has 0 bridgehead atoms. The summed E-state index contributed by atoms with van der Waals surface area (Å²) in [5.41, 5.74) is 0.546. The van der Waals surface area contributed by atoms with E-state index in [0.717, 1.165) is 13.1 Å². The quantitative estimate of drug-likeness (QED) is 0.892. The summed E-state index contributed by atoms with van der Waals surface area (Å²) in [5, 5.41) is 2.71. The Hall–Kier alpha value is -1.73. The highest BCUT2D eigenvalue weighted by Gasteiger charge is 2.14. The van der Waals surface area contributed by atoms with Crippen molar-refractivity contribution in [2.24, 2.45) is 0 Å². The van der Waals surface area contributed by atoms with E-state index in [1.54, 1.807) is 0 Å². The smallest absolute Gasteiger partial charge is 0.387 e. The summed E-state index contributed by atoms with van der Waals surface area (Å²) < 4.78 is 33.4. The zero-order valence-corrected chi connectivity index (χ0v) is 10.9. The van der Waals surface area contributed by atoms with E-state index < -0.39 is 6.61 Å². The summed E-state index contributed by atoms with van der Waals surface area (Å²) in [5.74, 6) is -0.0828. The molecule has 1 N–H and O–H groups in total. The van der Waals surface area contributed by atoms with Gasteiger partial charge in [0.05, 0.1) is 19.8 Å². The molecule has 1 saturated heterocycles. The minimum Gasteiger partial charge on any atom is -0.435 e. The number of anilines is 1. The third-order valence-electron chi connectivity index (χ3n) is 2.83. The number of nitrogens with one attached hydrogen (secondary N) is 1. The van der Waals surface area contributed by atoms with Crippen molar-refractivity contribution in [1.82, 2.24) is 4.90 Å². The van der Waals surface area contributed by atoms with Crippen molar-refractivity contribution in [3.63, 3.8) is 0 Å². The van der Waals surface area contributed by atoms with Crippen LogP contribution in [0.25, 0.3) is 0 Å². The van der Waals surface area contributed by atoms with Gasteiger partial charge in [0.2, 0.25) is 5.91 Å². The van der Waals surface area contributed by atoms with Crippen LogP contribution >= 0.6 is 0 Å². The molecule has 0 saturated carbocycles. The van der Waals surface area contributed by atoms with Crippen molar-refractivity contribution < 1.29 is 23.0 Å². The minimum absolute atomic E-state index is 0.0613. The zero-order chi connectivity index (χ0) is 14.4. The standard InChI is InChI=1S/C13H16F2N2O3/c14-13(15)20-11-3-1-10(2-4-11)16-12(18)9-17-5-7-19-8-6-17/h1-4,13H,5-9H2,(H,16,18). The number of carbonyl (C=O) groups excluding carboxylic acids is 1. The van der Waals surface area contributed by atoms with Gasteiger partial charge in [-0.1, -0.05) is 0 Å². The summed E-state index contributed by atoms with van der Waals surface area (Å²) >= 11 is 0. The molecule has 1 fully saturated rings. The number of rotatable bonds is 5. The van der Waals surface area contributed by atoms with Gasteiger partial charge in [0.15, 0.2) is 0 Å². The number of nitrogens with zero attached hydrogens (tertiary/aromatic N) is 1. The number of morpholine rings is 1. The van der Waals surface area contributed by atoms with E-state index in [1.807, 2.05) is 4.90 Å². The maximum atomic E-state index is 12.0. The van der Waals surface area contributed by atoms with E-state index >= 15 is 0 Å². The van der Waals surface area contributed by atoms with Crippen molar-refractivity contribution in [3.05, 3.63) is 24.3 Å². The lowest BCUT2D eigenvalue weighted by atomic mass is 10.3. The molecule has 7 heteroatoms. The highest BCUT2D eigenvalue weighted by Crippen LogP contribution is 2.17. The lowest BCUT2D eigenvalue weighted by Crippen LogP contribution is -2.41. The fourth-order valence-corrected chi connectivity index (χ4v) is 1.88. The zero-order valence-electron chi connectivity index (χ0n) is 10.9. The Morgan fingerprint density at radius 1 is 1.30 bits per heavy atom. The molecule has 0 aromatic heterocycles. The fourth-order valence-electron chi connectivity index (χ4n) is 1.88. The van der Waals surface area contributed by atoms with E-state index in [1.165, 1.54) is 24.3 Å². The molecule has 0 atom stereocenters. The number of hydrogen-bond donors (Lipinski definition) is 1. The van der Waals surface area contributed by atoms with E-state index in [-0.39, 0.29) is 11.7 Å². The van der Waals surface area contributed by atoms with Crippen LogP contribution in [0.2, 0.25) is 0 Å². The average molecular weight is 286 g/mol. The first kappa shape index (κ1) is 14.7. The van der Waals surface area contributed by atoms with Gasteiger partial charge in [-0.25, -0.2) is 0 Å². The van der Waals surface area contributed by atoms with Crippen LogP contribution < -0.4 is 10.1 Å². The van der Waals surface area contributed by atoms with Crippen molar-refractivity contribution in [2.75, 3.05) is 38.2 Å². The van der Waals surface area contributed by atoms with Crippen LogP contribution in [0.15, 0.2) is 24.3 Å². The molecule has 1 aromatic carbocycles. The Balaban J connectivity index is 1.81. The first-order chi connectivity index (χ1) is 9.63. The Kier molecular flexibility index (Phi) is 5.25. The van der Waals surface area contributed by atoms with Crippen molar-refractivity contribution in [2.45, 2.75) is 6.61 Å². The van der Waals surface area contributed by atoms with Crippen molar-refractivity contribution >= 4 is 11.6 Å². The van der Waals surface area contributed by atoms with E-state index in [9.17, 15) is 13.6 Å². The lowest BCUT2D eigenvalue weighted by Gasteiger charge is -2.25. The summed E-state index contributed by atoms with van der Waals surface area (Å²) in [6.45, 7) is 0.165. The monoisotopic (exact) mass is 286 g/mol. The molecule has 1 amide bonds. The third kappa shape index (κ3) is 4.75. The molecular formula is C13H16F2N2O3. The van der Waals surface area contributed by atoms with Crippen LogP contribution in [0, 0.1) is 0 Å². The second kappa shape index (κ2) is 7.16. The van der Waals surface area contributed by atoms with Gasteiger partial charge in [0.1, 0.15) is 5.75 Å². The van der Waals surface area contributed by atoms with Crippen LogP contribution in [-0.4, -0.2) is 50.3 Å². The summed E-state index contributed by atoms with van der Waals surface area (Å²) in [6, 6.07) is 5.82. The third-order valence-corrected chi connectivity index (χ3v) is 2.83. The summed E-state index contributed by atoms with van der Waals surface area (Å²) in [6.07, 6.45) is 0. The fraction of sp³-hybridized carbons (Fsp3) is 0.462. The molecule has 1 heterocycles. The van der Waals surface area contributed by atoms with Gasteiger partial charge in [-0.2, -0.15) is 8.78 Å². The summed E-state index contributed by atoms with van der Waals surface area (Å²) in [7, 11) is 0. The van der Waals surface area contributed by atoms with Crippen LogP contribution in [0.1, 0.15) is 0 Å². The predicted octanol–water partition coefficient (Wildman–Crippen LogP) is 1.56. The molecule has 5 nitrogen and oxygen atoms in total. The second-order valence-corrected chi connectivity index (χ2v) is 4.34. The largest absolute Gasteiger partial charge is 0.435 e. The van der Waals surface area contributed by atoms with E-state index in [0.29, 0.717) is 25.4 Å². The van der Waals surface area contributed by atoms with Gasteiger partial charge >= 0.3 is 6.61 Å². The number of ether oxygens (including phenoxy) is 2. The average Bonchev–Trinajstić information content (AvgIpc) is 2.41. The first-order valence-corrected chi connectivity index (χ1v) is 6.28. The lowest BCUT2D eigenvalue weighted by molar-refractivity contribution is -0.118. The van der Waals surface area contributed by atoms with Gasteiger partial charge < -0.3 is 14.8 Å². The van der Waals surface area contributed by atoms with Gasteiger partial charge in [-0.15, -0.1) is 0 Å². The molecule has 20 heavy (non-hydrogen) atoms. The minimum atomic E-state index is -2.85. The molecule has 0 aliphatic carbocycles. The molecule has 0 spiro atoms. The Morgan fingerprint density at radius 3 is 2.55 bits per heavy atom. The maximum absolute atomic E-state index is 12.0. The van der Waals surface area contributed by atoms with E-state index in [2.05, 4.69) is 10.1 Å². The van der Waals surface area contributed by atoms with Gasteiger partial charge in [0.25, 0.3) is 0 Å². The first-order valence-electron chi connectivity index (χ1n) is 6.28. The van der Waals surface area contributed by atoms with Crippen molar-refractivity contribution in [3.8, 4) is 5.75 Å². The van der Waals surface area contributed by atoms with Crippen LogP contribution in [0.4, 0.5) is 14.5 Å².